The SMILES string of the molecule is CN1C(=O)NS(=O)(=O)N1Cc1ccc(-n2nc(C(C)(C)C)cc2NC(=O)Nc2ccc(OCCN3CCOCC3)c3ccccc23)cc1.CN1C(=O)NS(=O)(=O)N1Cc1ccc(-n2nc(C(C)(C)C)cc2NC(=O)Nc2ccc(OCCN3CCOCC3)cc2)cc1.CN1C(=O)NS(=O)(=O)N1Cc1ccc(-n2nc(C(C)(C)C)cc2NC(=O)Nc2ccc(OCCc3ccncc3)c3ccccc23)cc1. The Morgan fingerprint density at radius 3 is 1.04 bits per heavy atom. The summed E-state index contributed by atoms with van der Waals surface area (Å²) >= 11 is 0. The summed E-state index contributed by atoms with van der Waals surface area (Å²) in [7, 11) is -7.71. The molecule has 0 atom stereocenters. The third-order valence-corrected chi connectivity index (χ3v) is 27.4. The average molecular weight is 1970 g/mol. The molecular weight excluding hydrogens is 1860 g/mol. The molecule has 0 radical (unpaired) electrons. The second-order valence-electron chi connectivity index (χ2n) is 36.6. The number of ether oxygens (including phenoxy) is 5. The van der Waals surface area contributed by atoms with Crippen LogP contribution in [0.5, 0.6) is 17.2 Å². The molecule has 0 spiro atoms. The van der Waals surface area contributed by atoms with Crippen molar-refractivity contribution in [3.05, 3.63) is 252 Å². The van der Waals surface area contributed by atoms with Crippen molar-refractivity contribution >= 4 is 123 Å². The first-order valence-corrected chi connectivity index (χ1v) is 49.6. The Kier molecular flexibility index (Phi) is 30.4. The smallest absolute Gasteiger partial charge is 0.347 e. The molecule has 0 bridgehead atoms. The molecule has 44 heteroatoms. The van der Waals surface area contributed by atoms with E-state index < -0.39 is 66.8 Å². The molecule has 0 aliphatic carbocycles. The fourth-order valence-corrected chi connectivity index (χ4v) is 18.9. The van der Waals surface area contributed by atoms with Gasteiger partial charge in [0.05, 0.1) is 98.2 Å². The van der Waals surface area contributed by atoms with Crippen LogP contribution >= 0.6 is 0 Å². The molecule has 9 heterocycles. The second-order valence-corrected chi connectivity index (χ2v) is 41.3. The zero-order chi connectivity index (χ0) is 99.6. The van der Waals surface area contributed by atoms with Crippen LogP contribution in [-0.4, -0.2) is 240 Å². The number of morpholine rings is 2. The Labute approximate surface area is 811 Å². The van der Waals surface area contributed by atoms with Gasteiger partial charge in [0.1, 0.15) is 47.9 Å². The van der Waals surface area contributed by atoms with E-state index in [1.807, 2.05) is 192 Å². The molecule has 8 aromatic carbocycles. The fraction of sp³-hybridized carbons (Fsp3) is 0.333. The van der Waals surface area contributed by atoms with E-state index >= 15 is 0 Å². The van der Waals surface area contributed by atoms with Crippen LogP contribution < -0.4 is 60.3 Å². The monoisotopic (exact) mass is 1970 g/mol. The quantitative estimate of drug-likeness (QED) is 0.0231. The van der Waals surface area contributed by atoms with Crippen LogP contribution in [0, 0.1) is 0 Å². The maximum Gasteiger partial charge on any atom is 0.347 e. The summed E-state index contributed by atoms with van der Waals surface area (Å²) < 4.78 is 116. The topological polar surface area (TPSA) is 452 Å². The van der Waals surface area contributed by atoms with E-state index in [0.717, 1.165) is 162 Å². The molecule has 5 saturated heterocycles. The minimum atomic E-state index is -3.96. The standard InChI is InChI=1S/C34H36N8O5S.C33H40N8O6S.C29H38N8O6S/c1-34(2,3)30-21-31(42(38-30)25-11-9-24(10-12-25)22-41-40(4)33(44)39-48(41,45)46)37-32(43)36-28-13-14-29(27-8-6-5-7-26(27)28)47-20-17-23-15-18-35-19-16-23;1-33(2,3)29-21-30(41(36-29)24-11-9-23(10-12-24)22-40-38(4)32(43)37-48(40,44)45)35-31(42)34-27-13-14-28(26-8-6-5-7-25(26)27)47-20-17-39-15-18-46-19-16-39;1-29(2,3)25-19-26(31-27(38)30-22-7-11-24(12-8-22)43-18-15-35-13-16-42-17-14-35)37(32-25)23-9-5-21(6-10-23)20-36-34(4)28(39)33-44(36,40)41/h5-16,18-19,21H,17,20,22H2,1-4H3,(H,39,44)(H2,36,37,43);5-14,21H,15-20,22H2,1-4H3,(H,37,43)(H2,34,35,42);5-12,19H,13-18,20H2,1-4H3,(H,33,39)(H2,30,31,38). The number of nitrogens with one attached hydrogen (secondary N) is 9. The number of carbonyl (C=O) groups excluding carboxylic acids is 6. The third kappa shape index (κ3) is 24.7. The maximum absolute atomic E-state index is 13.5. The van der Waals surface area contributed by atoms with Crippen molar-refractivity contribution in [2.24, 2.45) is 0 Å². The van der Waals surface area contributed by atoms with Gasteiger partial charge in [0.2, 0.25) is 0 Å². The molecule has 41 nitrogen and oxygen atoms in total. The fourth-order valence-electron chi connectivity index (χ4n) is 15.4. The summed E-state index contributed by atoms with van der Waals surface area (Å²) in [6.45, 7) is 28.0. The lowest BCUT2D eigenvalue weighted by molar-refractivity contribution is 0.0322. The summed E-state index contributed by atoms with van der Waals surface area (Å²) in [6, 6.07) is 57.1. The van der Waals surface area contributed by atoms with E-state index in [1.54, 1.807) is 111 Å². The molecular formula is C96H114N24O17S3. The molecule has 5 aliphatic heterocycles. The number of fused-ring (bicyclic) bond motifs is 2. The number of carbonyl (C=O) groups is 6. The van der Waals surface area contributed by atoms with Crippen molar-refractivity contribution < 1.29 is 77.7 Å². The van der Waals surface area contributed by atoms with Crippen LogP contribution in [0.4, 0.5) is 63.3 Å². The van der Waals surface area contributed by atoms with E-state index in [-0.39, 0.29) is 35.9 Å². The van der Waals surface area contributed by atoms with E-state index in [4.69, 9.17) is 39.0 Å². The van der Waals surface area contributed by atoms with Crippen molar-refractivity contribution in [3.8, 4) is 34.3 Å². The number of benzene rings is 8. The highest BCUT2D eigenvalue weighted by Gasteiger charge is 2.42. The van der Waals surface area contributed by atoms with Gasteiger partial charge in [0.25, 0.3) is 0 Å². The minimum Gasteiger partial charge on any atom is -0.493 e. The molecule has 5 aliphatic rings. The predicted molar refractivity (Wildman–Crippen MR) is 530 cm³/mol. The summed E-state index contributed by atoms with van der Waals surface area (Å²) in [6.07, 6.45) is 4.26. The zero-order valence-corrected chi connectivity index (χ0v) is 82.1. The highest BCUT2D eigenvalue weighted by Crippen LogP contribution is 2.37. The van der Waals surface area contributed by atoms with E-state index in [1.165, 1.54) is 21.1 Å². The maximum atomic E-state index is 13.5. The van der Waals surface area contributed by atoms with Gasteiger partial charge in [0, 0.05) is 141 Å². The van der Waals surface area contributed by atoms with Crippen molar-refractivity contribution in [3.63, 3.8) is 0 Å². The Bertz CT molecular complexity index is 6870. The number of pyridine rings is 1. The van der Waals surface area contributed by atoms with Gasteiger partial charge in [-0.25, -0.2) is 72.0 Å². The van der Waals surface area contributed by atoms with E-state index in [0.29, 0.717) is 88.1 Å². The van der Waals surface area contributed by atoms with Crippen molar-refractivity contribution in [2.75, 3.05) is 139 Å². The molecule has 12 amide bonds. The second kappa shape index (κ2) is 42.5. The van der Waals surface area contributed by atoms with Crippen LogP contribution in [0.2, 0.25) is 0 Å². The van der Waals surface area contributed by atoms with Gasteiger partial charge >= 0.3 is 66.8 Å². The molecule has 0 unspecified atom stereocenters. The van der Waals surface area contributed by atoms with Gasteiger partial charge in [-0.15, -0.1) is 0 Å². The van der Waals surface area contributed by atoms with Crippen LogP contribution in [0.25, 0.3) is 38.6 Å². The third-order valence-electron chi connectivity index (χ3n) is 23.3. The minimum absolute atomic E-state index is 0.0323. The lowest BCUT2D eigenvalue weighted by Gasteiger charge is -2.26. The first kappa shape index (κ1) is 100. The zero-order valence-electron chi connectivity index (χ0n) is 79.6. The van der Waals surface area contributed by atoms with E-state index in [2.05, 4.69) is 46.7 Å². The summed E-state index contributed by atoms with van der Waals surface area (Å²) in [4.78, 5) is 84.1. The van der Waals surface area contributed by atoms with Gasteiger partial charge in [-0.05, 0) is 119 Å². The van der Waals surface area contributed by atoms with Gasteiger partial charge in [0.15, 0.2) is 0 Å². The molecule has 17 rings (SSSR count). The lowest BCUT2D eigenvalue weighted by atomic mass is 9.92. The number of urea groups is 6. The lowest BCUT2D eigenvalue weighted by Crippen LogP contribution is -2.38. The molecule has 5 fully saturated rings. The Morgan fingerprint density at radius 2 is 0.707 bits per heavy atom. The number of hydrogen-bond donors (Lipinski definition) is 9. The van der Waals surface area contributed by atoms with Crippen LogP contribution in [0.3, 0.4) is 0 Å². The molecule has 9 N–H and O–H groups in total. The molecule has 4 aromatic heterocycles. The van der Waals surface area contributed by atoms with Crippen molar-refractivity contribution in [2.45, 2.75) is 105 Å². The van der Waals surface area contributed by atoms with Crippen molar-refractivity contribution in [1.82, 2.24) is 86.6 Å². The number of hydrogen-bond acceptors (Lipinski definition) is 23. The number of rotatable bonds is 27. The molecule has 12 aromatic rings. The molecule has 738 valence electrons. The molecule has 140 heavy (non-hydrogen) atoms. The Morgan fingerprint density at radius 1 is 0.379 bits per heavy atom. The van der Waals surface area contributed by atoms with Crippen LogP contribution in [0.15, 0.2) is 213 Å². The first-order chi connectivity index (χ1) is 66.7. The van der Waals surface area contributed by atoms with Gasteiger partial charge < -0.3 is 39.6 Å². The number of hydrazine groups is 3. The first-order valence-electron chi connectivity index (χ1n) is 45.3. The average Bonchev–Trinajstić information content (AvgIpc) is 1.79. The number of anilines is 6. The van der Waals surface area contributed by atoms with Gasteiger partial charge in [-0.2, -0.15) is 40.5 Å². The normalized spacial score (nSPS) is 16.3. The summed E-state index contributed by atoms with van der Waals surface area (Å²) in [5.74, 6) is 3.55. The van der Waals surface area contributed by atoms with Crippen LogP contribution in [-0.2, 0) is 82.4 Å². The Hall–Kier alpha value is -14.4. The van der Waals surface area contributed by atoms with Crippen LogP contribution in [0.1, 0.15) is 102 Å². The van der Waals surface area contributed by atoms with Gasteiger partial charge in [-0.1, -0.05) is 160 Å². The molecule has 0 saturated carbocycles. The van der Waals surface area contributed by atoms with Crippen molar-refractivity contribution in [1.29, 1.82) is 0 Å². The summed E-state index contributed by atoms with van der Waals surface area (Å²) in [5.41, 5.74) is 8.29. The predicted octanol–water partition coefficient (Wildman–Crippen LogP) is 13.0. The number of aromatic nitrogens is 7. The highest BCUT2D eigenvalue weighted by molar-refractivity contribution is 7.88. The summed E-state index contributed by atoms with van der Waals surface area (Å²) in [5, 5.41) is 38.4. The van der Waals surface area contributed by atoms with E-state index in [9.17, 15) is 54.0 Å². The highest BCUT2D eigenvalue weighted by atomic mass is 32.2. The Balaban J connectivity index is 0.000000159. The van der Waals surface area contributed by atoms with Gasteiger partial charge in [-0.3, -0.25) is 30.7 Å². The largest absolute Gasteiger partial charge is 0.493 e. The number of nitrogens with zero attached hydrogens (tertiary/aromatic N) is 15. The number of amides is 12.